The van der Waals surface area contributed by atoms with Crippen LogP contribution in [0.5, 0.6) is 5.75 Å². The van der Waals surface area contributed by atoms with Crippen LogP contribution in [0.2, 0.25) is 5.02 Å². The minimum atomic E-state index is -0.728. The lowest BCUT2D eigenvalue weighted by Crippen LogP contribution is -2.41. The average molecular weight is 449 g/mol. The molecule has 0 bridgehead atoms. The third-order valence-electron chi connectivity index (χ3n) is 5.40. The second-order valence-corrected chi connectivity index (χ2v) is 9.07. The van der Waals surface area contributed by atoms with E-state index < -0.39 is 6.10 Å². The summed E-state index contributed by atoms with van der Waals surface area (Å²) in [6.45, 7) is 3.93. The summed E-state index contributed by atoms with van der Waals surface area (Å²) in [5.74, 6) is 0.223. The molecule has 2 aliphatic rings. The van der Waals surface area contributed by atoms with Crippen LogP contribution < -0.4 is 10.1 Å². The van der Waals surface area contributed by atoms with Crippen LogP contribution in [0.1, 0.15) is 40.6 Å². The largest absolute Gasteiger partial charge is 0.481 e. The Morgan fingerprint density at radius 1 is 1.23 bits per heavy atom. The lowest BCUT2D eigenvalue weighted by molar-refractivity contribution is -0.122. The minimum Gasteiger partial charge on any atom is -0.481 e. The fourth-order valence-corrected chi connectivity index (χ4v) is 5.28. The van der Waals surface area contributed by atoms with Gasteiger partial charge in [0.05, 0.1) is 18.8 Å². The summed E-state index contributed by atoms with van der Waals surface area (Å²) in [7, 11) is 0. The summed E-state index contributed by atoms with van der Waals surface area (Å²) in [6.07, 6.45) is 3.28. The molecule has 1 saturated heterocycles. The van der Waals surface area contributed by atoms with Gasteiger partial charge in [-0.05, 0) is 56.4 Å². The molecule has 2 heterocycles. The number of hydrogen-bond donors (Lipinski definition) is 1. The number of fused-ring (bicyclic) bond motifs is 1. The Hall–Kier alpha value is -2.09. The van der Waals surface area contributed by atoms with Crippen LogP contribution in [-0.2, 0) is 22.4 Å². The Kier molecular flexibility index (Phi) is 6.61. The molecule has 4 rings (SSSR count). The molecular weight excluding hydrogens is 424 g/mol. The zero-order valence-corrected chi connectivity index (χ0v) is 18.5. The molecule has 0 radical (unpaired) electrons. The molecule has 2 amide bonds. The van der Waals surface area contributed by atoms with Gasteiger partial charge in [-0.3, -0.25) is 9.59 Å². The number of aryl methyl sites for hydroxylation is 1. The number of rotatable bonds is 5. The van der Waals surface area contributed by atoms with E-state index in [1.54, 1.807) is 31.2 Å². The van der Waals surface area contributed by atoms with Crippen molar-refractivity contribution in [3.8, 4) is 5.75 Å². The summed E-state index contributed by atoms with van der Waals surface area (Å²) in [6, 6.07) is 6.95. The second kappa shape index (κ2) is 9.37. The molecular formula is C22H25ClN2O4S. The molecule has 8 heteroatoms. The lowest BCUT2D eigenvalue weighted by atomic mass is 9.95. The number of benzene rings is 1. The van der Waals surface area contributed by atoms with Crippen LogP contribution in [0.3, 0.4) is 0 Å². The van der Waals surface area contributed by atoms with E-state index in [-0.39, 0.29) is 11.8 Å². The van der Waals surface area contributed by atoms with E-state index in [9.17, 15) is 9.59 Å². The Bertz CT molecular complexity index is 939. The maximum Gasteiger partial charge on any atom is 0.265 e. The van der Waals surface area contributed by atoms with Crippen LogP contribution in [0.25, 0.3) is 0 Å². The van der Waals surface area contributed by atoms with Crippen molar-refractivity contribution < 1.29 is 19.1 Å². The van der Waals surface area contributed by atoms with Crippen molar-refractivity contribution in [1.82, 2.24) is 4.90 Å². The number of carbonyl (C=O) groups excluding carboxylic acids is 2. The minimum absolute atomic E-state index is 0.0172. The Morgan fingerprint density at radius 3 is 2.77 bits per heavy atom. The van der Waals surface area contributed by atoms with Crippen LogP contribution in [-0.4, -0.2) is 49.1 Å². The topological polar surface area (TPSA) is 67.9 Å². The van der Waals surface area contributed by atoms with Gasteiger partial charge in [0.1, 0.15) is 10.8 Å². The van der Waals surface area contributed by atoms with Gasteiger partial charge in [0.2, 0.25) is 0 Å². The second-order valence-electron chi connectivity index (χ2n) is 7.53. The predicted molar refractivity (Wildman–Crippen MR) is 118 cm³/mol. The van der Waals surface area contributed by atoms with Crippen molar-refractivity contribution in [3.05, 3.63) is 45.3 Å². The van der Waals surface area contributed by atoms with Crippen molar-refractivity contribution in [1.29, 1.82) is 0 Å². The van der Waals surface area contributed by atoms with Crippen molar-refractivity contribution in [3.63, 3.8) is 0 Å². The number of hydrogen-bond acceptors (Lipinski definition) is 5. The molecule has 1 aromatic carbocycles. The molecule has 0 saturated carbocycles. The van der Waals surface area contributed by atoms with E-state index in [1.807, 2.05) is 4.90 Å². The number of nitrogens with zero attached hydrogens (tertiary/aromatic N) is 1. The molecule has 1 aliphatic carbocycles. The molecule has 30 heavy (non-hydrogen) atoms. The molecule has 1 atom stereocenters. The van der Waals surface area contributed by atoms with Gasteiger partial charge in [-0.2, -0.15) is 0 Å². The molecule has 160 valence electrons. The molecule has 2 aromatic rings. The summed E-state index contributed by atoms with van der Waals surface area (Å²) in [5.41, 5.74) is 1.75. The van der Waals surface area contributed by atoms with E-state index in [4.69, 9.17) is 21.1 Å². The number of ether oxygens (including phenoxy) is 2. The Balaban J connectivity index is 1.54. The SMILES string of the molecule is C[C@@H](Oc1cccc(Cl)c1)C(=O)Nc1sc2c(c1C(=O)N1CCOCC1)CCCC2. The zero-order chi connectivity index (χ0) is 21.1. The molecule has 6 nitrogen and oxygen atoms in total. The van der Waals surface area contributed by atoms with Gasteiger partial charge in [0, 0.05) is 23.0 Å². The monoisotopic (exact) mass is 448 g/mol. The van der Waals surface area contributed by atoms with Crippen LogP contribution in [0, 0.1) is 0 Å². The highest BCUT2D eigenvalue weighted by molar-refractivity contribution is 7.17. The number of amides is 2. The zero-order valence-electron chi connectivity index (χ0n) is 16.9. The van der Waals surface area contributed by atoms with Crippen molar-refractivity contribution >= 4 is 39.8 Å². The van der Waals surface area contributed by atoms with Gasteiger partial charge >= 0.3 is 0 Å². The van der Waals surface area contributed by atoms with E-state index in [0.29, 0.717) is 47.6 Å². The molecule has 0 unspecified atom stereocenters. The molecule has 1 N–H and O–H groups in total. The first-order valence-electron chi connectivity index (χ1n) is 10.3. The predicted octanol–water partition coefficient (Wildman–Crippen LogP) is 4.16. The average Bonchev–Trinajstić information content (AvgIpc) is 3.11. The number of nitrogens with one attached hydrogen (secondary N) is 1. The van der Waals surface area contributed by atoms with Gasteiger partial charge in [-0.25, -0.2) is 0 Å². The smallest absolute Gasteiger partial charge is 0.265 e. The Labute approximate surface area is 185 Å². The standard InChI is InChI=1S/C22H25ClN2O4S/c1-14(29-16-6-4-5-15(23)13-16)20(26)24-21-19(17-7-2-3-8-18(17)30-21)22(27)25-9-11-28-12-10-25/h4-6,13-14H,2-3,7-12H2,1H3,(H,24,26)/t14-/m1/s1. The van der Waals surface area contributed by atoms with Crippen molar-refractivity contribution in [2.24, 2.45) is 0 Å². The number of carbonyl (C=O) groups is 2. The van der Waals surface area contributed by atoms with Gasteiger partial charge in [0.15, 0.2) is 6.10 Å². The quantitative estimate of drug-likeness (QED) is 0.745. The summed E-state index contributed by atoms with van der Waals surface area (Å²) in [4.78, 5) is 29.2. The van der Waals surface area contributed by atoms with Crippen molar-refractivity contribution in [2.75, 3.05) is 31.6 Å². The summed E-state index contributed by atoms with van der Waals surface area (Å²) >= 11 is 7.52. The lowest BCUT2D eigenvalue weighted by Gasteiger charge is -2.28. The molecule has 1 fully saturated rings. The first kappa shape index (κ1) is 21.2. The maximum atomic E-state index is 13.3. The molecule has 0 spiro atoms. The van der Waals surface area contributed by atoms with Crippen LogP contribution >= 0.6 is 22.9 Å². The van der Waals surface area contributed by atoms with Gasteiger partial charge in [0.25, 0.3) is 11.8 Å². The van der Waals surface area contributed by atoms with E-state index in [2.05, 4.69) is 5.32 Å². The number of anilines is 1. The first-order chi connectivity index (χ1) is 14.5. The van der Waals surface area contributed by atoms with E-state index in [1.165, 1.54) is 16.2 Å². The van der Waals surface area contributed by atoms with E-state index >= 15 is 0 Å². The fraction of sp³-hybridized carbons (Fsp3) is 0.455. The highest BCUT2D eigenvalue weighted by Crippen LogP contribution is 2.39. The maximum absolute atomic E-state index is 13.3. The highest BCUT2D eigenvalue weighted by atomic mass is 35.5. The van der Waals surface area contributed by atoms with Crippen molar-refractivity contribution in [2.45, 2.75) is 38.7 Å². The summed E-state index contributed by atoms with van der Waals surface area (Å²) < 4.78 is 11.1. The normalized spacial score (nSPS) is 17.2. The summed E-state index contributed by atoms with van der Waals surface area (Å²) in [5, 5.41) is 4.14. The van der Waals surface area contributed by atoms with Crippen LogP contribution in [0.4, 0.5) is 5.00 Å². The highest BCUT2D eigenvalue weighted by Gasteiger charge is 2.30. The van der Waals surface area contributed by atoms with E-state index in [0.717, 1.165) is 31.2 Å². The van der Waals surface area contributed by atoms with Gasteiger partial charge in [-0.1, -0.05) is 17.7 Å². The Morgan fingerprint density at radius 2 is 2.00 bits per heavy atom. The number of halogens is 1. The van der Waals surface area contributed by atoms with Gasteiger partial charge in [-0.15, -0.1) is 11.3 Å². The third-order valence-corrected chi connectivity index (χ3v) is 6.84. The number of morpholine rings is 1. The molecule has 1 aromatic heterocycles. The van der Waals surface area contributed by atoms with Crippen LogP contribution in [0.15, 0.2) is 24.3 Å². The fourth-order valence-electron chi connectivity index (χ4n) is 3.82. The molecule has 1 aliphatic heterocycles. The first-order valence-corrected chi connectivity index (χ1v) is 11.5. The third kappa shape index (κ3) is 4.63. The van der Waals surface area contributed by atoms with Gasteiger partial charge < -0.3 is 19.7 Å². The number of thiophene rings is 1.